The highest BCUT2D eigenvalue weighted by molar-refractivity contribution is 7.89. The van der Waals surface area contributed by atoms with Crippen LogP contribution in [-0.2, 0) is 17.1 Å². The number of nitrogens with zero attached hydrogens (tertiary/aromatic N) is 3. The minimum atomic E-state index is -3.90. The molecule has 5 rings (SSSR count). The van der Waals surface area contributed by atoms with Crippen molar-refractivity contribution in [3.63, 3.8) is 0 Å². The van der Waals surface area contributed by atoms with Gasteiger partial charge in [0.2, 0.25) is 10.0 Å². The molecule has 2 amide bonds. The fourth-order valence-electron chi connectivity index (χ4n) is 5.41. The van der Waals surface area contributed by atoms with Crippen molar-refractivity contribution in [2.24, 2.45) is 13.0 Å². The number of sulfonamides is 1. The number of carbonyl (C=O) groups is 2. The number of imidazole rings is 1. The third kappa shape index (κ3) is 5.37. The quantitative estimate of drug-likeness (QED) is 0.350. The zero-order valence-corrected chi connectivity index (χ0v) is 23.6. The summed E-state index contributed by atoms with van der Waals surface area (Å²) in [4.78, 5) is 32.0. The molecule has 0 saturated carbocycles. The molecule has 1 aliphatic heterocycles. The minimum absolute atomic E-state index is 0.0420. The van der Waals surface area contributed by atoms with Crippen molar-refractivity contribution < 1.29 is 18.0 Å². The molecule has 2 unspecified atom stereocenters. The minimum Gasteiger partial charge on any atom is -0.337 e. The molecule has 1 aliphatic rings. The lowest BCUT2D eigenvalue weighted by atomic mass is 9.90. The van der Waals surface area contributed by atoms with E-state index in [4.69, 9.17) is 0 Å². The lowest BCUT2D eigenvalue weighted by Gasteiger charge is -2.38. The monoisotopic (exact) mass is 559 g/mol. The highest BCUT2D eigenvalue weighted by Gasteiger charge is 2.34. The molecule has 2 atom stereocenters. The first-order chi connectivity index (χ1) is 19.2. The van der Waals surface area contributed by atoms with E-state index in [1.165, 1.54) is 0 Å². The van der Waals surface area contributed by atoms with Crippen LogP contribution in [0, 0.1) is 12.8 Å². The van der Waals surface area contributed by atoms with Gasteiger partial charge < -0.3 is 14.8 Å². The number of nitrogens with one attached hydrogen (secondary N) is 2. The van der Waals surface area contributed by atoms with Gasteiger partial charge in [-0.05, 0) is 43.0 Å². The molecule has 0 radical (unpaired) electrons. The third-order valence-electron chi connectivity index (χ3n) is 7.70. The Labute approximate surface area is 234 Å². The smallest absolute Gasteiger partial charge is 0.272 e. The number of piperidine rings is 1. The van der Waals surface area contributed by atoms with Crippen LogP contribution in [0.3, 0.4) is 0 Å². The molecule has 2 heterocycles. The van der Waals surface area contributed by atoms with Gasteiger partial charge in [0.25, 0.3) is 11.8 Å². The lowest BCUT2D eigenvalue weighted by molar-refractivity contribution is 0.0631. The Morgan fingerprint density at radius 1 is 1.02 bits per heavy atom. The molecular formula is C30H33N5O4S. The number of aryl methyl sites for hydroxylation is 2. The van der Waals surface area contributed by atoms with Crippen LogP contribution in [-0.4, -0.2) is 53.8 Å². The molecule has 2 N–H and O–H groups in total. The van der Waals surface area contributed by atoms with E-state index >= 15 is 0 Å². The predicted octanol–water partition coefficient (Wildman–Crippen LogP) is 4.35. The van der Waals surface area contributed by atoms with Crippen LogP contribution < -0.4 is 10.0 Å². The zero-order valence-electron chi connectivity index (χ0n) is 22.8. The van der Waals surface area contributed by atoms with Gasteiger partial charge in [0.1, 0.15) is 5.69 Å². The van der Waals surface area contributed by atoms with E-state index in [9.17, 15) is 18.0 Å². The van der Waals surface area contributed by atoms with Crippen LogP contribution >= 0.6 is 0 Å². The highest BCUT2D eigenvalue weighted by Crippen LogP contribution is 2.31. The number of rotatable bonds is 7. The number of anilines is 1. The summed E-state index contributed by atoms with van der Waals surface area (Å²) in [6, 6.07) is 17.3. The van der Waals surface area contributed by atoms with E-state index < -0.39 is 10.0 Å². The first-order valence-electron chi connectivity index (χ1n) is 13.4. The lowest BCUT2D eigenvalue weighted by Crippen LogP contribution is -2.52. The number of hydrogen-bond acceptors (Lipinski definition) is 5. The van der Waals surface area contributed by atoms with E-state index in [1.807, 2.05) is 38.1 Å². The van der Waals surface area contributed by atoms with Gasteiger partial charge in [-0.3, -0.25) is 9.59 Å². The third-order valence-corrected chi connectivity index (χ3v) is 9.25. The van der Waals surface area contributed by atoms with Gasteiger partial charge in [-0.1, -0.05) is 55.8 Å². The predicted molar refractivity (Wildman–Crippen MR) is 155 cm³/mol. The van der Waals surface area contributed by atoms with E-state index in [-0.39, 0.29) is 28.7 Å². The average molecular weight is 560 g/mol. The maximum Gasteiger partial charge on any atom is 0.272 e. The number of hydrogen-bond donors (Lipinski definition) is 2. The van der Waals surface area contributed by atoms with Crippen LogP contribution in [0.1, 0.15) is 46.2 Å². The van der Waals surface area contributed by atoms with Crippen LogP contribution in [0.4, 0.5) is 5.69 Å². The Bertz CT molecular complexity index is 1680. The van der Waals surface area contributed by atoms with Crippen molar-refractivity contribution in [2.75, 3.05) is 18.4 Å². The number of amides is 2. The molecule has 0 spiro atoms. The summed E-state index contributed by atoms with van der Waals surface area (Å²) in [5.74, 6) is -0.399. The number of aromatic nitrogens is 2. The summed E-state index contributed by atoms with van der Waals surface area (Å²) in [5.41, 5.74) is 2.46. The molecule has 40 heavy (non-hydrogen) atoms. The van der Waals surface area contributed by atoms with Crippen LogP contribution in [0.15, 0.2) is 78.1 Å². The molecule has 9 nitrogen and oxygen atoms in total. The SMILES string of the molecule is CCC1CN(C(=O)c2cncn2C)CCC1NS(=O)(=O)c1ccc(NC(=O)c2ccccc2C)c2ccccc12. The number of fused-ring (bicyclic) bond motifs is 1. The van der Waals surface area contributed by atoms with Crippen LogP contribution in [0.5, 0.6) is 0 Å². The summed E-state index contributed by atoms with van der Waals surface area (Å²) in [6.45, 7) is 4.78. The number of benzene rings is 3. The Hall–Kier alpha value is -4.02. The largest absolute Gasteiger partial charge is 0.337 e. The Balaban J connectivity index is 1.37. The summed E-state index contributed by atoms with van der Waals surface area (Å²) >= 11 is 0. The summed E-state index contributed by atoms with van der Waals surface area (Å²) in [6.07, 6.45) is 4.36. The summed E-state index contributed by atoms with van der Waals surface area (Å²) < 4.78 is 32.1. The van der Waals surface area contributed by atoms with E-state index in [2.05, 4.69) is 15.0 Å². The second-order valence-electron chi connectivity index (χ2n) is 10.3. The van der Waals surface area contributed by atoms with Crippen molar-refractivity contribution >= 4 is 38.3 Å². The van der Waals surface area contributed by atoms with Gasteiger partial charge in [-0.25, -0.2) is 18.1 Å². The van der Waals surface area contributed by atoms with Crippen molar-refractivity contribution in [1.29, 1.82) is 0 Å². The van der Waals surface area contributed by atoms with Gasteiger partial charge in [-0.15, -0.1) is 0 Å². The van der Waals surface area contributed by atoms with Crippen molar-refractivity contribution in [3.05, 3.63) is 90.0 Å². The average Bonchev–Trinajstić information content (AvgIpc) is 3.38. The summed E-state index contributed by atoms with van der Waals surface area (Å²) in [7, 11) is -2.12. The fourth-order valence-corrected chi connectivity index (χ4v) is 6.96. The molecule has 10 heteroatoms. The maximum absolute atomic E-state index is 13.7. The van der Waals surface area contributed by atoms with E-state index in [0.29, 0.717) is 53.6 Å². The second kappa shape index (κ2) is 11.2. The topological polar surface area (TPSA) is 113 Å². The van der Waals surface area contributed by atoms with Crippen molar-refractivity contribution in [2.45, 2.75) is 37.6 Å². The molecule has 4 aromatic rings. The molecule has 3 aromatic carbocycles. The van der Waals surface area contributed by atoms with Gasteiger partial charge in [0.15, 0.2) is 0 Å². The second-order valence-corrected chi connectivity index (χ2v) is 11.9. The first kappa shape index (κ1) is 27.5. The highest BCUT2D eigenvalue weighted by atomic mass is 32.2. The van der Waals surface area contributed by atoms with Crippen molar-refractivity contribution in [1.82, 2.24) is 19.2 Å². The zero-order chi connectivity index (χ0) is 28.4. The first-order valence-corrected chi connectivity index (χ1v) is 14.8. The fraction of sp³-hybridized carbons (Fsp3) is 0.300. The van der Waals surface area contributed by atoms with Gasteiger partial charge in [-0.2, -0.15) is 0 Å². The molecule has 208 valence electrons. The molecular weight excluding hydrogens is 526 g/mol. The van der Waals surface area contributed by atoms with E-state index in [0.717, 1.165) is 5.56 Å². The molecule has 1 aromatic heterocycles. The van der Waals surface area contributed by atoms with Crippen LogP contribution in [0.25, 0.3) is 10.8 Å². The molecule has 0 aliphatic carbocycles. The van der Waals surface area contributed by atoms with Gasteiger partial charge in [0.05, 0.1) is 17.4 Å². The van der Waals surface area contributed by atoms with Gasteiger partial charge >= 0.3 is 0 Å². The molecule has 1 fully saturated rings. The standard InChI is InChI=1S/C30H33N5O4S/c1-4-21-18-35(30(37)27-17-31-19-34(27)3)16-15-25(21)33-40(38,39)28-14-13-26(23-11-7-8-12-24(23)28)32-29(36)22-10-6-5-9-20(22)2/h5-14,17,19,21,25,33H,4,15-16,18H2,1-3H3,(H,32,36). The normalized spacial score (nSPS) is 17.6. The van der Waals surface area contributed by atoms with Gasteiger partial charge in [0, 0.05) is 48.2 Å². The summed E-state index contributed by atoms with van der Waals surface area (Å²) in [5, 5.41) is 4.11. The molecule has 0 bridgehead atoms. The van der Waals surface area contributed by atoms with Crippen molar-refractivity contribution in [3.8, 4) is 0 Å². The van der Waals surface area contributed by atoms with Crippen LogP contribution in [0.2, 0.25) is 0 Å². The Kier molecular flexibility index (Phi) is 7.73. The maximum atomic E-state index is 13.7. The Morgan fingerprint density at radius 2 is 1.75 bits per heavy atom. The number of likely N-dealkylation sites (tertiary alicyclic amines) is 1. The Morgan fingerprint density at radius 3 is 2.45 bits per heavy atom. The number of carbonyl (C=O) groups excluding carboxylic acids is 2. The molecule has 1 saturated heterocycles. The van der Waals surface area contributed by atoms with E-state index in [1.54, 1.807) is 65.4 Å².